The third-order valence-corrected chi connectivity index (χ3v) is 5.17. The lowest BCUT2D eigenvalue weighted by Crippen LogP contribution is -2.30. The Morgan fingerprint density at radius 1 is 1.38 bits per heavy atom. The van der Waals surface area contributed by atoms with Crippen LogP contribution < -0.4 is 11.3 Å². The van der Waals surface area contributed by atoms with Crippen LogP contribution in [0.2, 0.25) is 5.02 Å². The van der Waals surface area contributed by atoms with E-state index < -0.39 is 0 Å². The molecule has 0 fully saturated rings. The van der Waals surface area contributed by atoms with E-state index >= 15 is 0 Å². The van der Waals surface area contributed by atoms with Crippen LogP contribution in [0, 0.1) is 13.8 Å². The number of nitrogens with zero attached hydrogens (tertiary/aromatic N) is 3. The summed E-state index contributed by atoms with van der Waals surface area (Å²) in [5.74, 6) is 5.77. The first-order valence-electron chi connectivity index (χ1n) is 7.15. The summed E-state index contributed by atoms with van der Waals surface area (Å²) in [4.78, 5) is 5.64. The van der Waals surface area contributed by atoms with Gasteiger partial charge in [-0.25, -0.2) is 4.98 Å². The lowest BCUT2D eigenvalue weighted by atomic mass is 10.1. The van der Waals surface area contributed by atoms with Gasteiger partial charge in [-0.2, -0.15) is 5.10 Å². The number of aromatic nitrogens is 3. The third kappa shape index (κ3) is 3.29. The molecule has 0 aliphatic heterocycles. The molecule has 7 heteroatoms. The van der Waals surface area contributed by atoms with E-state index in [9.17, 15) is 0 Å². The van der Waals surface area contributed by atoms with E-state index in [1.165, 1.54) is 0 Å². The Labute approximate surface area is 134 Å². The van der Waals surface area contributed by atoms with Crippen LogP contribution in [0.25, 0.3) is 0 Å². The molecule has 0 amide bonds. The van der Waals surface area contributed by atoms with Gasteiger partial charge >= 0.3 is 0 Å². The minimum Gasteiger partial charge on any atom is -0.271 e. The second-order valence-corrected chi connectivity index (χ2v) is 6.60. The smallest absolute Gasteiger partial charge is 0.0900 e. The number of thiazole rings is 1. The second-order valence-electron chi connectivity index (χ2n) is 4.98. The first-order chi connectivity index (χ1) is 10.0. The molecule has 2 rings (SSSR count). The second kappa shape index (κ2) is 6.87. The standard InChI is InChI=1S/C14H22ClN5S/c1-5-10-13(15)12(20(6-2)19-10)7-11(18-16)14-8(3)17-9(4)21-14/h11,18H,5-7,16H2,1-4H3. The van der Waals surface area contributed by atoms with Gasteiger partial charge in [0.2, 0.25) is 0 Å². The zero-order valence-electron chi connectivity index (χ0n) is 12.9. The maximum Gasteiger partial charge on any atom is 0.0900 e. The number of halogens is 1. The Bertz CT molecular complexity index is 619. The molecule has 1 unspecified atom stereocenters. The maximum atomic E-state index is 6.48. The van der Waals surface area contributed by atoms with Crippen LogP contribution in [-0.2, 0) is 19.4 Å². The molecule has 0 saturated carbocycles. The monoisotopic (exact) mass is 327 g/mol. The summed E-state index contributed by atoms with van der Waals surface area (Å²) in [6.07, 6.45) is 1.54. The van der Waals surface area contributed by atoms with Gasteiger partial charge in [-0.1, -0.05) is 18.5 Å². The van der Waals surface area contributed by atoms with Crippen molar-refractivity contribution in [3.8, 4) is 0 Å². The number of hydrazine groups is 1. The summed E-state index contributed by atoms with van der Waals surface area (Å²) >= 11 is 8.15. The topological polar surface area (TPSA) is 68.8 Å². The Morgan fingerprint density at radius 2 is 2.10 bits per heavy atom. The van der Waals surface area contributed by atoms with Crippen molar-refractivity contribution in [1.82, 2.24) is 20.2 Å². The highest BCUT2D eigenvalue weighted by Crippen LogP contribution is 2.30. The van der Waals surface area contributed by atoms with E-state index in [1.54, 1.807) is 11.3 Å². The fraction of sp³-hybridized carbons (Fsp3) is 0.571. The van der Waals surface area contributed by atoms with E-state index in [-0.39, 0.29) is 6.04 Å². The first kappa shape index (κ1) is 16.4. The van der Waals surface area contributed by atoms with E-state index in [2.05, 4.69) is 29.4 Å². The van der Waals surface area contributed by atoms with Gasteiger partial charge in [0.05, 0.1) is 33.2 Å². The van der Waals surface area contributed by atoms with Gasteiger partial charge in [-0.05, 0) is 27.2 Å². The average molecular weight is 328 g/mol. The Kier molecular flexibility index (Phi) is 5.37. The van der Waals surface area contributed by atoms with Crippen molar-refractivity contribution in [2.45, 2.75) is 53.1 Å². The number of hydrogen-bond donors (Lipinski definition) is 2. The molecule has 3 N–H and O–H groups in total. The van der Waals surface area contributed by atoms with Crippen LogP contribution >= 0.6 is 22.9 Å². The van der Waals surface area contributed by atoms with E-state index in [1.807, 2.05) is 18.5 Å². The number of rotatable bonds is 6. The van der Waals surface area contributed by atoms with Gasteiger partial charge in [0, 0.05) is 17.8 Å². The fourth-order valence-corrected chi connectivity index (χ4v) is 3.84. The van der Waals surface area contributed by atoms with Gasteiger partial charge in [0.1, 0.15) is 0 Å². The predicted octanol–water partition coefficient (Wildman–Crippen LogP) is 2.94. The summed E-state index contributed by atoms with van der Waals surface area (Å²) in [5, 5.41) is 6.37. The molecule has 116 valence electrons. The van der Waals surface area contributed by atoms with Crippen molar-refractivity contribution >= 4 is 22.9 Å². The molecular weight excluding hydrogens is 306 g/mol. The molecule has 5 nitrogen and oxygen atoms in total. The molecule has 21 heavy (non-hydrogen) atoms. The predicted molar refractivity (Wildman–Crippen MR) is 87.6 cm³/mol. The highest BCUT2D eigenvalue weighted by Gasteiger charge is 2.22. The first-order valence-corrected chi connectivity index (χ1v) is 8.35. The van der Waals surface area contributed by atoms with Crippen molar-refractivity contribution in [3.05, 3.63) is 32.0 Å². The molecule has 2 heterocycles. The van der Waals surface area contributed by atoms with Gasteiger partial charge in [0.25, 0.3) is 0 Å². The zero-order chi connectivity index (χ0) is 15.6. The summed E-state index contributed by atoms with van der Waals surface area (Å²) < 4.78 is 1.97. The molecule has 0 aromatic carbocycles. The average Bonchev–Trinajstić information content (AvgIpc) is 2.95. The van der Waals surface area contributed by atoms with Crippen molar-refractivity contribution in [1.29, 1.82) is 0 Å². The molecule has 2 aromatic rings. The fourth-order valence-electron chi connectivity index (χ4n) is 2.50. The molecule has 0 radical (unpaired) electrons. The van der Waals surface area contributed by atoms with Crippen molar-refractivity contribution in [2.75, 3.05) is 0 Å². The normalized spacial score (nSPS) is 12.9. The van der Waals surface area contributed by atoms with Crippen molar-refractivity contribution < 1.29 is 0 Å². The number of nitrogens with one attached hydrogen (secondary N) is 1. The van der Waals surface area contributed by atoms with Crippen LogP contribution in [0.5, 0.6) is 0 Å². The summed E-state index contributed by atoms with van der Waals surface area (Å²) in [5.41, 5.74) is 5.90. The third-order valence-electron chi connectivity index (χ3n) is 3.55. The van der Waals surface area contributed by atoms with Crippen molar-refractivity contribution in [2.24, 2.45) is 5.84 Å². The lowest BCUT2D eigenvalue weighted by molar-refractivity contribution is 0.520. The van der Waals surface area contributed by atoms with Gasteiger partial charge in [-0.15, -0.1) is 11.3 Å². The number of nitrogens with two attached hydrogens (primary N) is 1. The summed E-state index contributed by atoms with van der Waals surface area (Å²) in [6.45, 7) is 8.95. The molecule has 0 bridgehead atoms. The molecule has 2 aromatic heterocycles. The molecule has 0 aliphatic rings. The Balaban J connectivity index is 2.35. The molecule has 1 atom stereocenters. The van der Waals surface area contributed by atoms with E-state index in [0.717, 1.165) is 45.0 Å². The van der Waals surface area contributed by atoms with Crippen LogP contribution in [-0.4, -0.2) is 14.8 Å². The highest BCUT2D eigenvalue weighted by atomic mass is 35.5. The van der Waals surface area contributed by atoms with Crippen LogP contribution in [0.3, 0.4) is 0 Å². The van der Waals surface area contributed by atoms with Crippen molar-refractivity contribution in [3.63, 3.8) is 0 Å². The Hall–Kier alpha value is -0.950. The van der Waals surface area contributed by atoms with Crippen LogP contribution in [0.4, 0.5) is 0 Å². The van der Waals surface area contributed by atoms with Crippen LogP contribution in [0.1, 0.15) is 46.9 Å². The Morgan fingerprint density at radius 3 is 2.57 bits per heavy atom. The maximum absolute atomic E-state index is 6.48. The number of hydrogen-bond acceptors (Lipinski definition) is 5. The van der Waals surface area contributed by atoms with Gasteiger partial charge < -0.3 is 0 Å². The number of aryl methyl sites for hydroxylation is 4. The largest absolute Gasteiger partial charge is 0.271 e. The van der Waals surface area contributed by atoms with E-state index in [4.69, 9.17) is 17.4 Å². The minimum atomic E-state index is 0.000376. The van der Waals surface area contributed by atoms with Gasteiger partial charge in [-0.3, -0.25) is 16.0 Å². The highest BCUT2D eigenvalue weighted by molar-refractivity contribution is 7.11. The molecule has 0 aliphatic carbocycles. The summed E-state index contributed by atoms with van der Waals surface area (Å²) in [7, 11) is 0. The zero-order valence-corrected chi connectivity index (χ0v) is 14.5. The van der Waals surface area contributed by atoms with E-state index in [0.29, 0.717) is 6.42 Å². The van der Waals surface area contributed by atoms with Gasteiger partial charge in [0.15, 0.2) is 0 Å². The lowest BCUT2D eigenvalue weighted by Gasteiger charge is -2.16. The van der Waals surface area contributed by atoms with Crippen LogP contribution in [0.15, 0.2) is 0 Å². The molecule has 0 saturated heterocycles. The molecule has 0 spiro atoms. The summed E-state index contributed by atoms with van der Waals surface area (Å²) in [6, 6.07) is 0.000376. The quantitative estimate of drug-likeness (QED) is 0.632. The minimum absolute atomic E-state index is 0.000376. The molecular formula is C14H22ClN5S. The SMILES string of the molecule is CCc1nn(CC)c(CC(NN)c2sc(C)nc2C)c1Cl.